The molecule has 1 saturated carbocycles. The molecule has 0 bridgehead atoms. The number of anilines is 1. The standard InChI is InChI=1S/C29H43NO5S/c1-18-7-12-23(19(2)15-18)27(31)30(20-8-10-21(11-9-20)35-22-13-14-34-17-22)24-16-25(29(3,4)5)36-26(24)28(32)33-6/h7,16,19-23H,8-15,17H2,1-6H3/t19-,20?,21?,22-,23?/m0/s1. The molecule has 36 heavy (non-hydrogen) atoms. The molecule has 0 spiro atoms. The Labute approximate surface area is 220 Å². The fraction of sp³-hybridized carbons (Fsp3) is 0.724. The van der Waals surface area contributed by atoms with Crippen molar-refractivity contribution in [2.24, 2.45) is 11.8 Å². The Hall–Kier alpha value is -1.70. The Balaban J connectivity index is 1.65. The molecule has 0 N–H and O–H groups in total. The van der Waals surface area contributed by atoms with E-state index in [0.717, 1.165) is 62.1 Å². The number of allylic oxidation sites excluding steroid dienone is 2. The van der Waals surface area contributed by atoms with Crippen LogP contribution >= 0.6 is 11.3 Å². The third kappa shape index (κ3) is 6.05. The van der Waals surface area contributed by atoms with Crippen molar-refractivity contribution in [3.8, 4) is 0 Å². The van der Waals surface area contributed by atoms with E-state index in [4.69, 9.17) is 14.2 Å². The van der Waals surface area contributed by atoms with Gasteiger partial charge in [0, 0.05) is 23.4 Å². The molecule has 1 saturated heterocycles. The predicted octanol–water partition coefficient (Wildman–Crippen LogP) is 6.27. The first-order valence-corrected chi connectivity index (χ1v) is 14.3. The van der Waals surface area contributed by atoms with Crippen molar-refractivity contribution in [3.63, 3.8) is 0 Å². The lowest BCUT2D eigenvalue weighted by Crippen LogP contribution is -2.48. The van der Waals surface area contributed by atoms with E-state index in [9.17, 15) is 9.59 Å². The van der Waals surface area contributed by atoms with Crippen LogP contribution in [-0.2, 0) is 24.4 Å². The van der Waals surface area contributed by atoms with Crippen molar-refractivity contribution in [1.82, 2.24) is 0 Å². The highest BCUT2D eigenvalue weighted by molar-refractivity contribution is 7.14. The van der Waals surface area contributed by atoms with Crippen molar-refractivity contribution in [2.75, 3.05) is 25.2 Å². The smallest absolute Gasteiger partial charge is 0.350 e. The van der Waals surface area contributed by atoms with E-state index in [1.54, 1.807) is 0 Å². The highest BCUT2D eigenvalue weighted by Crippen LogP contribution is 2.42. The largest absolute Gasteiger partial charge is 0.465 e. The molecule has 1 aromatic rings. The molecule has 2 fully saturated rings. The number of carbonyl (C=O) groups is 2. The number of hydrogen-bond acceptors (Lipinski definition) is 6. The summed E-state index contributed by atoms with van der Waals surface area (Å²) in [6, 6.07) is 2.11. The fourth-order valence-corrected chi connectivity index (χ4v) is 6.94. The fourth-order valence-electron chi connectivity index (χ4n) is 5.81. The van der Waals surface area contributed by atoms with Gasteiger partial charge in [-0.3, -0.25) is 4.79 Å². The van der Waals surface area contributed by atoms with Crippen molar-refractivity contribution < 1.29 is 23.8 Å². The molecule has 2 aliphatic carbocycles. The molecular weight excluding hydrogens is 474 g/mol. The Bertz CT molecular complexity index is 963. The quantitative estimate of drug-likeness (QED) is 0.328. The summed E-state index contributed by atoms with van der Waals surface area (Å²) in [5.74, 6) is -0.0339. The van der Waals surface area contributed by atoms with Gasteiger partial charge in [-0.1, -0.05) is 39.3 Å². The summed E-state index contributed by atoms with van der Waals surface area (Å²) < 4.78 is 17.0. The lowest BCUT2D eigenvalue weighted by molar-refractivity contribution is -0.124. The van der Waals surface area contributed by atoms with Crippen LogP contribution in [0, 0.1) is 11.8 Å². The maximum absolute atomic E-state index is 14.3. The van der Waals surface area contributed by atoms with Gasteiger partial charge < -0.3 is 19.1 Å². The number of esters is 1. The second-order valence-electron chi connectivity index (χ2n) is 11.9. The third-order valence-corrected chi connectivity index (χ3v) is 9.50. The van der Waals surface area contributed by atoms with Crippen molar-refractivity contribution in [2.45, 2.75) is 103 Å². The lowest BCUT2D eigenvalue weighted by Gasteiger charge is -2.40. The first kappa shape index (κ1) is 27.3. The first-order valence-electron chi connectivity index (χ1n) is 13.5. The molecule has 7 heteroatoms. The minimum Gasteiger partial charge on any atom is -0.465 e. The van der Waals surface area contributed by atoms with E-state index in [0.29, 0.717) is 11.5 Å². The third-order valence-electron chi connectivity index (χ3n) is 7.97. The Morgan fingerprint density at radius 1 is 1.11 bits per heavy atom. The lowest BCUT2D eigenvalue weighted by atomic mass is 9.79. The molecule has 3 atom stereocenters. The van der Waals surface area contributed by atoms with E-state index in [1.807, 2.05) is 4.90 Å². The van der Waals surface area contributed by atoms with Crippen LogP contribution in [0.4, 0.5) is 5.69 Å². The van der Waals surface area contributed by atoms with Crippen LogP contribution in [0.2, 0.25) is 0 Å². The van der Waals surface area contributed by atoms with Crippen molar-refractivity contribution in [3.05, 3.63) is 27.5 Å². The van der Waals surface area contributed by atoms with Gasteiger partial charge in [-0.25, -0.2) is 4.79 Å². The Morgan fingerprint density at radius 3 is 2.42 bits per heavy atom. The molecule has 2 heterocycles. The van der Waals surface area contributed by atoms with E-state index in [2.05, 4.69) is 46.8 Å². The summed E-state index contributed by atoms with van der Waals surface area (Å²) in [6.45, 7) is 12.2. The van der Waals surface area contributed by atoms with E-state index < -0.39 is 0 Å². The van der Waals surface area contributed by atoms with Crippen LogP contribution in [0.25, 0.3) is 0 Å². The number of amides is 1. The van der Waals surface area contributed by atoms with E-state index in [-0.39, 0.29) is 47.4 Å². The summed E-state index contributed by atoms with van der Waals surface area (Å²) in [5, 5.41) is 0. The molecular formula is C29H43NO5S. The van der Waals surface area contributed by atoms with Crippen LogP contribution in [0.1, 0.15) is 94.1 Å². The normalized spacial score (nSPS) is 29.1. The number of ether oxygens (including phenoxy) is 3. The van der Waals surface area contributed by atoms with Crippen LogP contribution in [-0.4, -0.2) is 50.4 Å². The molecule has 0 radical (unpaired) electrons. The zero-order valence-electron chi connectivity index (χ0n) is 22.8. The van der Waals surface area contributed by atoms with Gasteiger partial charge in [-0.15, -0.1) is 11.3 Å². The van der Waals surface area contributed by atoms with Gasteiger partial charge in [0.25, 0.3) is 0 Å². The average molecular weight is 518 g/mol. The monoisotopic (exact) mass is 517 g/mol. The molecule has 1 aliphatic heterocycles. The van der Waals surface area contributed by atoms with Crippen molar-refractivity contribution >= 4 is 28.9 Å². The first-order chi connectivity index (χ1) is 17.1. The van der Waals surface area contributed by atoms with Gasteiger partial charge in [-0.05, 0) is 69.3 Å². The molecule has 200 valence electrons. The zero-order chi connectivity index (χ0) is 26.0. The van der Waals surface area contributed by atoms with Crippen LogP contribution in [0.15, 0.2) is 17.7 Å². The number of hydrogen-bond donors (Lipinski definition) is 0. The highest BCUT2D eigenvalue weighted by atomic mass is 32.1. The SMILES string of the molecule is COC(=O)c1sc(C(C)(C)C)cc1N(C(=O)C1CC=C(C)C[C@@H]1C)C1CCC(O[C@H]2CCOC2)CC1. The second kappa shape index (κ2) is 11.4. The van der Waals surface area contributed by atoms with E-state index in [1.165, 1.54) is 24.0 Å². The number of methoxy groups -OCH3 is 1. The minimum atomic E-state index is -0.367. The van der Waals surface area contributed by atoms with Gasteiger partial charge in [0.1, 0.15) is 4.88 Å². The van der Waals surface area contributed by atoms with Crippen LogP contribution < -0.4 is 4.90 Å². The summed E-state index contributed by atoms with van der Waals surface area (Å²) in [4.78, 5) is 30.8. The molecule has 1 unspecified atom stereocenters. The summed E-state index contributed by atoms with van der Waals surface area (Å²) >= 11 is 1.46. The molecule has 1 aromatic heterocycles. The van der Waals surface area contributed by atoms with Crippen molar-refractivity contribution in [1.29, 1.82) is 0 Å². The maximum Gasteiger partial charge on any atom is 0.350 e. The van der Waals surface area contributed by atoms with Gasteiger partial charge in [0.2, 0.25) is 5.91 Å². The summed E-state index contributed by atoms with van der Waals surface area (Å²) in [7, 11) is 1.42. The number of rotatable bonds is 6. The number of nitrogens with zero attached hydrogens (tertiary/aromatic N) is 1. The average Bonchev–Trinajstić information content (AvgIpc) is 3.50. The number of carbonyl (C=O) groups excluding carboxylic acids is 2. The molecule has 3 aliphatic rings. The minimum absolute atomic E-state index is 0.0437. The van der Waals surface area contributed by atoms with Gasteiger partial charge >= 0.3 is 5.97 Å². The molecule has 4 rings (SSSR count). The van der Waals surface area contributed by atoms with E-state index >= 15 is 0 Å². The maximum atomic E-state index is 14.3. The topological polar surface area (TPSA) is 65.1 Å². The molecule has 1 amide bonds. The summed E-state index contributed by atoms with van der Waals surface area (Å²) in [5.41, 5.74) is 1.95. The number of thiophene rings is 1. The molecule has 0 aromatic carbocycles. The predicted molar refractivity (Wildman–Crippen MR) is 144 cm³/mol. The Kier molecular flexibility index (Phi) is 8.63. The van der Waals surface area contributed by atoms with Gasteiger partial charge in [0.05, 0.1) is 31.6 Å². The Morgan fingerprint density at radius 2 is 1.83 bits per heavy atom. The zero-order valence-corrected chi connectivity index (χ0v) is 23.6. The van der Waals surface area contributed by atoms with Crippen LogP contribution in [0.3, 0.4) is 0 Å². The summed E-state index contributed by atoms with van der Waals surface area (Å²) in [6.07, 6.45) is 8.82. The van der Waals surface area contributed by atoms with Gasteiger partial charge in [0.15, 0.2) is 0 Å². The van der Waals surface area contributed by atoms with Gasteiger partial charge in [-0.2, -0.15) is 0 Å². The molecule has 6 nitrogen and oxygen atoms in total. The highest BCUT2D eigenvalue weighted by Gasteiger charge is 2.40. The second-order valence-corrected chi connectivity index (χ2v) is 13.0. The van der Waals surface area contributed by atoms with Crippen LogP contribution in [0.5, 0.6) is 0 Å².